The smallest absolute Gasteiger partial charge is 0.326 e. The normalized spacial score (nSPS) is 15.8. The Morgan fingerprint density at radius 1 is 0.903 bits per heavy atom. The van der Waals surface area contributed by atoms with Gasteiger partial charge < -0.3 is 31.9 Å². The summed E-state index contributed by atoms with van der Waals surface area (Å²) >= 11 is 3.95. The van der Waals surface area contributed by atoms with E-state index in [0.717, 1.165) is 0 Å². The summed E-state index contributed by atoms with van der Waals surface area (Å²) in [4.78, 5) is 60.0. The van der Waals surface area contributed by atoms with Crippen LogP contribution in [0.15, 0.2) is 0 Å². The molecule has 0 fully saturated rings. The van der Waals surface area contributed by atoms with Crippen molar-refractivity contribution in [3.05, 3.63) is 0 Å². The number of nitrogens with one attached hydrogen (secondary N) is 3. The number of amides is 3. The minimum atomic E-state index is -1.30. The van der Waals surface area contributed by atoms with Gasteiger partial charge in [-0.05, 0) is 18.3 Å². The third-order valence-corrected chi connectivity index (χ3v) is 5.23. The van der Waals surface area contributed by atoms with Crippen molar-refractivity contribution in [1.29, 1.82) is 0 Å². The molecule has 3 amide bonds. The van der Waals surface area contributed by atoms with Gasteiger partial charge in [-0.15, -0.1) is 0 Å². The number of thiol groups is 1. The molecule has 0 aromatic heterocycles. The minimum Gasteiger partial charge on any atom is -0.481 e. The first-order valence-corrected chi connectivity index (χ1v) is 10.7. The van der Waals surface area contributed by atoms with E-state index in [0.29, 0.717) is 6.42 Å². The molecule has 0 aromatic carbocycles. The number of hydrogen-bond acceptors (Lipinski definition) is 7. The third kappa shape index (κ3) is 10.0. The second-order valence-electron chi connectivity index (χ2n) is 7.72. The molecule has 7 N–H and O–H groups in total. The van der Waals surface area contributed by atoms with Crippen LogP contribution >= 0.6 is 12.6 Å². The molecular formula is C19H34N4O7S. The predicted octanol–water partition coefficient (Wildman–Crippen LogP) is -0.651. The molecule has 0 saturated heterocycles. The van der Waals surface area contributed by atoms with E-state index in [4.69, 9.17) is 10.8 Å². The topological polar surface area (TPSA) is 188 Å². The molecule has 5 unspecified atom stereocenters. The summed E-state index contributed by atoms with van der Waals surface area (Å²) < 4.78 is 0. The summed E-state index contributed by atoms with van der Waals surface area (Å²) in [6.07, 6.45) is -0.160. The zero-order valence-electron chi connectivity index (χ0n) is 18.3. The van der Waals surface area contributed by atoms with Crippen LogP contribution < -0.4 is 21.7 Å². The van der Waals surface area contributed by atoms with Gasteiger partial charge in [0.25, 0.3) is 0 Å². The van der Waals surface area contributed by atoms with E-state index in [-0.39, 0.29) is 18.1 Å². The number of aliphatic carboxylic acids is 2. The van der Waals surface area contributed by atoms with Crippen molar-refractivity contribution in [3.63, 3.8) is 0 Å². The van der Waals surface area contributed by atoms with Gasteiger partial charge in [0.05, 0.1) is 6.04 Å². The fraction of sp³-hybridized carbons (Fsp3) is 0.737. The predicted molar refractivity (Wildman–Crippen MR) is 116 cm³/mol. The fourth-order valence-electron chi connectivity index (χ4n) is 2.61. The lowest BCUT2D eigenvalue weighted by atomic mass is 9.97. The summed E-state index contributed by atoms with van der Waals surface area (Å²) in [5, 5.41) is 25.6. The average molecular weight is 463 g/mol. The Bertz CT molecular complexity index is 659. The second-order valence-corrected chi connectivity index (χ2v) is 8.09. The molecular weight excluding hydrogens is 428 g/mol. The number of carbonyl (C=O) groups excluding carboxylic acids is 3. The van der Waals surface area contributed by atoms with E-state index in [1.165, 1.54) is 0 Å². The number of nitrogens with two attached hydrogens (primary N) is 1. The number of carbonyl (C=O) groups is 5. The Morgan fingerprint density at radius 3 is 1.87 bits per heavy atom. The Hall–Kier alpha value is -2.34. The van der Waals surface area contributed by atoms with E-state index < -0.39 is 66.2 Å². The molecule has 0 spiro atoms. The van der Waals surface area contributed by atoms with Crippen molar-refractivity contribution >= 4 is 42.3 Å². The SMILES string of the molecule is CCC(C)C(NC(=O)C(N)CS)C(=O)NC(CCC(=O)O)C(=O)NC(C(=O)O)C(C)C. The highest BCUT2D eigenvalue weighted by Crippen LogP contribution is 2.11. The van der Waals surface area contributed by atoms with Crippen LogP contribution in [0.2, 0.25) is 0 Å². The number of carboxylic acid groups (broad SMARTS) is 2. The lowest BCUT2D eigenvalue weighted by Crippen LogP contribution is -2.59. The lowest BCUT2D eigenvalue weighted by Gasteiger charge is -2.28. The van der Waals surface area contributed by atoms with Crippen LogP contribution in [0.25, 0.3) is 0 Å². The molecule has 0 heterocycles. The van der Waals surface area contributed by atoms with Crippen LogP contribution in [0.3, 0.4) is 0 Å². The van der Waals surface area contributed by atoms with E-state index >= 15 is 0 Å². The Balaban J connectivity index is 5.58. The maximum Gasteiger partial charge on any atom is 0.326 e. The fourth-order valence-corrected chi connectivity index (χ4v) is 2.78. The van der Waals surface area contributed by atoms with E-state index in [1.54, 1.807) is 20.8 Å². The van der Waals surface area contributed by atoms with E-state index in [9.17, 15) is 29.1 Å². The van der Waals surface area contributed by atoms with Crippen LogP contribution in [0.4, 0.5) is 0 Å². The molecule has 5 atom stereocenters. The van der Waals surface area contributed by atoms with Crippen molar-refractivity contribution in [2.24, 2.45) is 17.6 Å². The van der Waals surface area contributed by atoms with Crippen molar-refractivity contribution in [1.82, 2.24) is 16.0 Å². The van der Waals surface area contributed by atoms with E-state index in [1.807, 2.05) is 6.92 Å². The van der Waals surface area contributed by atoms with Crippen LogP contribution in [0.1, 0.15) is 47.0 Å². The summed E-state index contributed by atoms with van der Waals surface area (Å²) in [7, 11) is 0. The summed E-state index contributed by atoms with van der Waals surface area (Å²) in [5.74, 6) is -5.24. The quantitative estimate of drug-likeness (QED) is 0.166. The Labute approximate surface area is 187 Å². The third-order valence-electron chi connectivity index (χ3n) is 4.84. The van der Waals surface area contributed by atoms with Gasteiger partial charge in [-0.3, -0.25) is 19.2 Å². The first-order valence-electron chi connectivity index (χ1n) is 10.1. The van der Waals surface area contributed by atoms with Crippen molar-refractivity contribution in [2.75, 3.05) is 5.75 Å². The first-order chi connectivity index (χ1) is 14.3. The van der Waals surface area contributed by atoms with Crippen LogP contribution in [-0.4, -0.2) is 69.8 Å². The molecule has 0 saturated carbocycles. The largest absolute Gasteiger partial charge is 0.481 e. The van der Waals surface area contributed by atoms with Gasteiger partial charge in [0, 0.05) is 12.2 Å². The molecule has 0 aliphatic carbocycles. The molecule has 12 heteroatoms. The minimum absolute atomic E-state index is 0.0656. The molecule has 0 bridgehead atoms. The van der Waals surface area contributed by atoms with Crippen LogP contribution in [0.5, 0.6) is 0 Å². The number of carboxylic acids is 2. The van der Waals surface area contributed by atoms with Gasteiger partial charge in [0.2, 0.25) is 17.7 Å². The van der Waals surface area contributed by atoms with Gasteiger partial charge in [-0.1, -0.05) is 34.1 Å². The molecule has 0 aliphatic rings. The first kappa shape index (κ1) is 28.7. The summed E-state index contributed by atoms with van der Waals surface area (Å²) in [6.45, 7) is 6.73. The maximum atomic E-state index is 12.9. The average Bonchev–Trinajstić information content (AvgIpc) is 2.70. The lowest BCUT2D eigenvalue weighted by molar-refractivity contribution is -0.144. The van der Waals surface area contributed by atoms with Crippen molar-refractivity contribution in [2.45, 2.75) is 71.1 Å². The Morgan fingerprint density at radius 2 is 1.45 bits per heavy atom. The summed E-state index contributed by atoms with van der Waals surface area (Å²) in [6, 6.07) is -4.47. The van der Waals surface area contributed by atoms with Gasteiger partial charge >= 0.3 is 11.9 Å². The monoisotopic (exact) mass is 462 g/mol. The molecule has 0 aliphatic heterocycles. The molecule has 178 valence electrons. The molecule has 0 rings (SSSR count). The second kappa shape index (κ2) is 13.9. The highest BCUT2D eigenvalue weighted by molar-refractivity contribution is 7.80. The molecule has 0 radical (unpaired) electrons. The van der Waals surface area contributed by atoms with Crippen LogP contribution in [0, 0.1) is 11.8 Å². The molecule has 11 nitrogen and oxygen atoms in total. The van der Waals surface area contributed by atoms with Gasteiger partial charge in [0.1, 0.15) is 18.1 Å². The van der Waals surface area contributed by atoms with Gasteiger partial charge in [-0.2, -0.15) is 12.6 Å². The van der Waals surface area contributed by atoms with Gasteiger partial charge in [-0.25, -0.2) is 4.79 Å². The highest BCUT2D eigenvalue weighted by atomic mass is 32.1. The number of hydrogen-bond donors (Lipinski definition) is 7. The number of rotatable bonds is 14. The Kier molecular flexibility index (Phi) is 12.8. The van der Waals surface area contributed by atoms with Crippen molar-refractivity contribution in [3.8, 4) is 0 Å². The van der Waals surface area contributed by atoms with Crippen LogP contribution in [-0.2, 0) is 24.0 Å². The summed E-state index contributed by atoms with van der Waals surface area (Å²) in [5.41, 5.74) is 5.64. The highest BCUT2D eigenvalue weighted by Gasteiger charge is 2.33. The van der Waals surface area contributed by atoms with E-state index in [2.05, 4.69) is 28.6 Å². The zero-order valence-corrected chi connectivity index (χ0v) is 19.1. The molecule has 31 heavy (non-hydrogen) atoms. The zero-order chi connectivity index (χ0) is 24.3. The van der Waals surface area contributed by atoms with Gasteiger partial charge in [0.15, 0.2) is 0 Å². The standard InChI is InChI=1S/C19H34N4O7S/c1-5-10(4)15(23-16(26)11(20)8-31)18(28)21-12(6-7-13(24)25)17(27)22-14(9(2)3)19(29)30/h9-12,14-15,31H,5-8,20H2,1-4H3,(H,21,28)(H,22,27)(H,23,26)(H,24,25)(H,29,30). The maximum absolute atomic E-state index is 12.9. The van der Waals surface area contributed by atoms with Crippen molar-refractivity contribution < 1.29 is 34.2 Å². The molecule has 0 aromatic rings.